The van der Waals surface area contributed by atoms with Crippen molar-refractivity contribution in [2.75, 3.05) is 27.4 Å². The maximum absolute atomic E-state index is 15.1. The lowest BCUT2D eigenvalue weighted by molar-refractivity contribution is 0.187. The molecule has 0 aromatic heterocycles. The second kappa shape index (κ2) is 27.1. The Morgan fingerprint density at radius 1 is 0.557 bits per heavy atom. The first-order valence-electron chi connectivity index (χ1n) is 19.3. The third-order valence-electron chi connectivity index (χ3n) is 9.04. The molecule has 0 amide bonds. The highest BCUT2D eigenvalue weighted by molar-refractivity contribution is 9.08. The molecule has 6 rings (SSSR count). The van der Waals surface area contributed by atoms with Gasteiger partial charge >= 0.3 is 0 Å². The van der Waals surface area contributed by atoms with Gasteiger partial charge < -0.3 is 18.9 Å². The zero-order valence-corrected chi connectivity index (χ0v) is 36.9. The van der Waals surface area contributed by atoms with Gasteiger partial charge in [0.15, 0.2) is 0 Å². The number of rotatable bonds is 17. The van der Waals surface area contributed by atoms with Gasteiger partial charge in [-0.05, 0) is 108 Å². The Morgan fingerprint density at radius 2 is 0.984 bits per heavy atom. The van der Waals surface area contributed by atoms with Crippen molar-refractivity contribution in [3.8, 4) is 23.0 Å². The van der Waals surface area contributed by atoms with E-state index in [1.807, 2.05) is 78.9 Å². The lowest BCUT2D eigenvalue weighted by Gasteiger charge is -2.16. The number of hydrogen-bond acceptors (Lipinski definition) is 4. The molecule has 0 heterocycles. The number of hydrogen-bond donors (Lipinski definition) is 0. The van der Waals surface area contributed by atoms with Gasteiger partial charge in [-0.25, -0.2) is 17.6 Å². The first kappa shape index (κ1) is 48.8. The number of halogens is 7. The first-order valence-corrected chi connectivity index (χ1v) is 21.2. The number of para-hydroxylation sites is 2. The van der Waals surface area contributed by atoms with E-state index < -0.39 is 29.3 Å². The van der Waals surface area contributed by atoms with Gasteiger partial charge in [0.05, 0.1) is 0 Å². The second-order valence-corrected chi connectivity index (χ2v) is 14.9. The monoisotopic (exact) mass is 936 g/mol. The predicted octanol–water partition coefficient (Wildman–Crippen LogP) is 16.3. The maximum atomic E-state index is 15.1. The summed E-state index contributed by atoms with van der Waals surface area (Å²) >= 11 is 15.1. The number of ether oxygens (including phenoxy) is 4. The second-order valence-electron chi connectivity index (χ2n) is 13.5. The number of methoxy groups -OCH3 is 2. The van der Waals surface area contributed by atoms with E-state index in [1.165, 1.54) is 19.8 Å². The average Bonchev–Trinajstić information content (AvgIpc) is 3.29. The largest absolute Gasteiger partial charge is 0.457 e. The quantitative estimate of drug-likeness (QED) is 0.0674. The van der Waals surface area contributed by atoms with Crippen LogP contribution in [-0.4, -0.2) is 27.4 Å². The summed E-state index contributed by atoms with van der Waals surface area (Å²) in [6.07, 6.45) is 0.558. The number of allylic oxidation sites excluding steroid dienone is 3. The van der Waals surface area contributed by atoms with E-state index in [-0.39, 0.29) is 12.8 Å². The van der Waals surface area contributed by atoms with Crippen LogP contribution in [0, 0.1) is 0 Å². The van der Waals surface area contributed by atoms with Crippen LogP contribution in [-0.2, 0) is 21.2 Å². The van der Waals surface area contributed by atoms with E-state index >= 15 is 4.39 Å². The van der Waals surface area contributed by atoms with Gasteiger partial charge in [-0.2, -0.15) is 0 Å². The fourth-order valence-corrected chi connectivity index (χ4v) is 6.55. The van der Waals surface area contributed by atoms with Crippen LogP contribution in [0.3, 0.4) is 0 Å². The third kappa shape index (κ3) is 17.2. The highest BCUT2D eigenvalue weighted by Gasteiger charge is 2.22. The predicted molar refractivity (Wildman–Crippen MR) is 243 cm³/mol. The Labute approximate surface area is 374 Å². The van der Waals surface area contributed by atoms with Crippen molar-refractivity contribution >= 4 is 39.1 Å². The van der Waals surface area contributed by atoms with Crippen molar-refractivity contribution in [1.82, 2.24) is 0 Å². The highest BCUT2D eigenvalue weighted by atomic mass is 79.9. The molecule has 0 N–H and O–H groups in total. The molecule has 320 valence electrons. The van der Waals surface area contributed by atoms with Crippen LogP contribution < -0.4 is 9.47 Å². The molecule has 2 atom stereocenters. The van der Waals surface area contributed by atoms with Crippen LogP contribution in [0.25, 0.3) is 0 Å². The minimum atomic E-state index is -0.803. The van der Waals surface area contributed by atoms with E-state index in [1.54, 1.807) is 72.8 Å². The molecule has 0 aliphatic heterocycles. The summed E-state index contributed by atoms with van der Waals surface area (Å²) in [5, 5.41) is 1.96. The Morgan fingerprint density at radius 3 is 1.44 bits per heavy atom. The molecule has 0 bridgehead atoms. The van der Waals surface area contributed by atoms with E-state index in [4.69, 9.17) is 42.1 Å². The fraction of sp³-hybridized carbons (Fsp3) is 0.200. The SMILES string of the molecule is BrCc1cccc(Oc2ccccc2)c1.COCCC(/C(F)=C(\F)Cc1cccc(Oc2ccccc2)c1)c1ccc(Cl)cc1.COCCC(/C(F)=C\F)c1ccc(Cl)cc1. The van der Waals surface area contributed by atoms with Crippen molar-refractivity contribution in [1.29, 1.82) is 0 Å². The standard InChI is InChI=1S/C25H23ClF2O2.C13H11BrO.C12H13ClF2O/c1-29-15-14-23(19-10-12-20(26)13-11-19)25(28)24(27)17-18-6-5-9-22(16-18)30-21-7-3-2-4-8-21;14-10-11-5-4-8-13(9-11)15-12-6-2-1-3-7-12;1-16-7-6-11(12(15)8-14)9-2-4-10(13)5-3-9/h2-13,16,23H,14-15,17H2,1H3;1-9H,10H2;2-5,8,11H,6-7H2,1H3/b25-24+;;12-8+. The van der Waals surface area contributed by atoms with Crippen LogP contribution in [0.5, 0.6) is 23.0 Å². The van der Waals surface area contributed by atoms with Crippen molar-refractivity contribution in [3.05, 3.63) is 214 Å². The van der Waals surface area contributed by atoms with Crippen molar-refractivity contribution in [3.63, 3.8) is 0 Å². The highest BCUT2D eigenvalue weighted by Crippen LogP contribution is 2.34. The van der Waals surface area contributed by atoms with Gasteiger partial charge in [0.25, 0.3) is 0 Å². The van der Waals surface area contributed by atoms with E-state index in [0.717, 1.165) is 16.8 Å². The molecule has 61 heavy (non-hydrogen) atoms. The van der Waals surface area contributed by atoms with E-state index in [9.17, 15) is 13.2 Å². The molecule has 0 aliphatic rings. The first-order chi connectivity index (χ1) is 29.6. The summed E-state index contributed by atoms with van der Waals surface area (Å²) in [6.45, 7) is 0.683. The van der Waals surface area contributed by atoms with Crippen molar-refractivity contribution in [2.45, 2.75) is 36.4 Å². The molecule has 0 saturated heterocycles. The summed E-state index contributed by atoms with van der Waals surface area (Å²) in [4.78, 5) is 0. The summed E-state index contributed by atoms with van der Waals surface area (Å²) in [5.74, 6) is -0.735. The van der Waals surface area contributed by atoms with Gasteiger partial charge in [-0.1, -0.05) is 124 Å². The zero-order valence-electron chi connectivity index (χ0n) is 33.8. The fourth-order valence-electron chi connectivity index (χ4n) is 5.95. The maximum Gasteiger partial charge on any atom is 0.139 e. The normalized spacial score (nSPS) is 12.4. The van der Waals surface area contributed by atoms with Gasteiger partial charge in [0.1, 0.15) is 46.8 Å². The molecule has 0 aliphatic carbocycles. The van der Waals surface area contributed by atoms with Gasteiger partial charge in [0, 0.05) is 61.1 Å². The molecule has 0 radical (unpaired) electrons. The molecular weight excluding hydrogens is 891 g/mol. The Kier molecular flexibility index (Phi) is 21.7. The Balaban J connectivity index is 0.000000222. The van der Waals surface area contributed by atoms with E-state index in [0.29, 0.717) is 64.3 Å². The number of benzene rings is 6. The molecule has 6 aromatic carbocycles. The van der Waals surface area contributed by atoms with Crippen LogP contribution in [0.15, 0.2) is 182 Å². The molecule has 0 spiro atoms. The lowest BCUT2D eigenvalue weighted by atomic mass is 9.93. The lowest BCUT2D eigenvalue weighted by Crippen LogP contribution is -2.06. The van der Waals surface area contributed by atoms with Crippen molar-refractivity contribution < 1.29 is 36.5 Å². The molecule has 4 nitrogen and oxygen atoms in total. The average molecular weight is 939 g/mol. The van der Waals surface area contributed by atoms with E-state index in [2.05, 4.69) is 22.0 Å². The molecule has 2 unspecified atom stereocenters. The summed E-state index contributed by atoms with van der Waals surface area (Å²) < 4.78 is 76.9. The van der Waals surface area contributed by atoms with Crippen LogP contribution in [0.4, 0.5) is 17.6 Å². The molecule has 11 heteroatoms. The Bertz CT molecular complexity index is 2230. The minimum absolute atomic E-state index is 0.00503. The van der Waals surface area contributed by atoms with Crippen molar-refractivity contribution in [2.24, 2.45) is 0 Å². The van der Waals surface area contributed by atoms with Crippen LogP contribution in [0.1, 0.15) is 46.9 Å². The Hall–Kier alpha value is -4.90. The molecule has 6 aromatic rings. The van der Waals surface area contributed by atoms with Crippen LogP contribution in [0.2, 0.25) is 10.0 Å². The molecule has 0 saturated carbocycles. The topological polar surface area (TPSA) is 36.9 Å². The molecule has 0 fully saturated rings. The van der Waals surface area contributed by atoms with Gasteiger partial charge in [-0.3, -0.25) is 0 Å². The van der Waals surface area contributed by atoms with Crippen LogP contribution >= 0.6 is 39.1 Å². The van der Waals surface area contributed by atoms with Gasteiger partial charge in [0.2, 0.25) is 0 Å². The minimum Gasteiger partial charge on any atom is -0.457 e. The summed E-state index contributed by atoms with van der Waals surface area (Å²) in [7, 11) is 3.06. The summed E-state index contributed by atoms with van der Waals surface area (Å²) in [6, 6.07) is 47.6. The number of alkyl halides is 1. The summed E-state index contributed by atoms with van der Waals surface area (Å²) in [5.41, 5.74) is 3.18. The third-order valence-corrected chi connectivity index (χ3v) is 10.2. The molecular formula is C50H47BrCl2F4O4. The smallest absolute Gasteiger partial charge is 0.139 e. The zero-order chi connectivity index (χ0) is 43.8. The van der Waals surface area contributed by atoms with Gasteiger partial charge in [-0.15, -0.1) is 0 Å².